The Morgan fingerprint density at radius 3 is 2.57 bits per heavy atom. The topological polar surface area (TPSA) is 124 Å². The number of ether oxygens (including phenoxy) is 1. The molecule has 0 aliphatic rings. The lowest BCUT2D eigenvalue weighted by Gasteiger charge is -2.08. The molecule has 0 bridgehead atoms. The van der Waals surface area contributed by atoms with Crippen LogP contribution in [-0.2, 0) is 20.7 Å². The van der Waals surface area contributed by atoms with Crippen molar-refractivity contribution in [2.75, 3.05) is 32.8 Å². The van der Waals surface area contributed by atoms with E-state index in [0.717, 1.165) is 48.9 Å². The number of aromatic amines is 1. The third-order valence-electron chi connectivity index (χ3n) is 4.36. The molecular weight excluding hydrogens is 362 g/mol. The number of aliphatic hydroxyl groups is 1. The van der Waals surface area contributed by atoms with E-state index in [0.29, 0.717) is 13.2 Å². The van der Waals surface area contributed by atoms with Crippen LogP contribution in [0.2, 0.25) is 0 Å². The molecule has 8 nitrogen and oxygen atoms in total. The molecule has 0 aliphatic heterocycles. The highest BCUT2D eigenvalue weighted by molar-refractivity contribution is 5.87. The number of fused-ring (bicyclic) bond motifs is 1. The van der Waals surface area contributed by atoms with E-state index >= 15 is 0 Å². The molecule has 1 atom stereocenters. The summed E-state index contributed by atoms with van der Waals surface area (Å²) in [6.45, 7) is 3.19. The number of carboxylic acids is 1. The SMILES string of the molecule is O=C(Cc1c[nH]c2ccccc12)OCCCNCCCNCC[C@H](O)C(=O)O. The van der Waals surface area contributed by atoms with Gasteiger partial charge < -0.3 is 30.6 Å². The second-order valence-electron chi connectivity index (χ2n) is 6.61. The van der Waals surface area contributed by atoms with Crippen molar-refractivity contribution in [2.45, 2.75) is 31.8 Å². The van der Waals surface area contributed by atoms with Crippen molar-refractivity contribution in [1.82, 2.24) is 15.6 Å². The second kappa shape index (κ2) is 12.1. The molecule has 0 spiro atoms. The van der Waals surface area contributed by atoms with Crippen LogP contribution >= 0.6 is 0 Å². The molecule has 0 saturated heterocycles. The summed E-state index contributed by atoms with van der Waals surface area (Å²) >= 11 is 0. The van der Waals surface area contributed by atoms with Gasteiger partial charge in [0.2, 0.25) is 0 Å². The van der Waals surface area contributed by atoms with Gasteiger partial charge in [-0.15, -0.1) is 0 Å². The maximum absolute atomic E-state index is 12.0. The Balaban J connectivity index is 1.44. The number of hydrogen-bond acceptors (Lipinski definition) is 6. The zero-order valence-corrected chi connectivity index (χ0v) is 15.9. The molecule has 0 fully saturated rings. The highest BCUT2D eigenvalue weighted by Crippen LogP contribution is 2.18. The Kier molecular flexibility index (Phi) is 9.47. The smallest absolute Gasteiger partial charge is 0.332 e. The average molecular weight is 391 g/mol. The zero-order valence-electron chi connectivity index (χ0n) is 15.9. The van der Waals surface area contributed by atoms with Gasteiger partial charge in [0.05, 0.1) is 13.0 Å². The first kappa shape index (κ1) is 21.9. The number of hydrogen-bond donors (Lipinski definition) is 5. The van der Waals surface area contributed by atoms with Crippen molar-refractivity contribution in [3.63, 3.8) is 0 Å². The van der Waals surface area contributed by atoms with Crippen molar-refractivity contribution < 1.29 is 24.5 Å². The quantitative estimate of drug-likeness (QED) is 0.241. The van der Waals surface area contributed by atoms with Crippen LogP contribution in [0.5, 0.6) is 0 Å². The molecule has 1 aromatic heterocycles. The van der Waals surface area contributed by atoms with Gasteiger partial charge in [0.15, 0.2) is 6.10 Å². The first-order valence-electron chi connectivity index (χ1n) is 9.61. The van der Waals surface area contributed by atoms with E-state index in [1.165, 1.54) is 0 Å². The van der Waals surface area contributed by atoms with E-state index in [9.17, 15) is 9.59 Å². The van der Waals surface area contributed by atoms with Gasteiger partial charge in [-0.1, -0.05) is 18.2 Å². The molecular formula is C20H29N3O5. The van der Waals surface area contributed by atoms with Crippen molar-refractivity contribution in [1.29, 1.82) is 0 Å². The monoisotopic (exact) mass is 391 g/mol. The molecule has 1 aromatic carbocycles. The first-order chi connectivity index (χ1) is 13.6. The van der Waals surface area contributed by atoms with Crippen molar-refractivity contribution in [2.24, 2.45) is 0 Å². The fraction of sp³-hybridized carbons (Fsp3) is 0.500. The predicted molar refractivity (Wildman–Crippen MR) is 106 cm³/mol. The Morgan fingerprint density at radius 2 is 1.79 bits per heavy atom. The van der Waals surface area contributed by atoms with Crippen LogP contribution in [0.15, 0.2) is 30.5 Å². The number of aromatic nitrogens is 1. The number of nitrogens with one attached hydrogen (secondary N) is 3. The first-order valence-corrected chi connectivity index (χ1v) is 9.61. The number of carbonyl (C=O) groups is 2. The summed E-state index contributed by atoms with van der Waals surface area (Å²) in [5.74, 6) is -1.41. The summed E-state index contributed by atoms with van der Waals surface area (Å²) in [6, 6.07) is 7.87. The lowest BCUT2D eigenvalue weighted by molar-refractivity contribution is -0.147. The summed E-state index contributed by atoms with van der Waals surface area (Å²) < 4.78 is 5.29. The van der Waals surface area contributed by atoms with Crippen LogP contribution in [0, 0.1) is 0 Å². The number of H-pyrrole nitrogens is 1. The number of esters is 1. The molecule has 5 N–H and O–H groups in total. The van der Waals surface area contributed by atoms with E-state index in [1.807, 2.05) is 30.5 Å². The lowest BCUT2D eigenvalue weighted by atomic mass is 10.1. The van der Waals surface area contributed by atoms with E-state index in [4.69, 9.17) is 14.9 Å². The molecule has 2 rings (SSSR count). The van der Waals surface area contributed by atoms with Crippen molar-refractivity contribution in [3.8, 4) is 0 Å². The fourth-order valence-corrected chi connectivity index (χ4v) is 2.82. The molecule has 0 saturated carbocycles. The van der Waals surface area contributed by atoms with E-state index < -0.39 is 12.1 Å². The number of para-hydroxylation sites is 1. The summed E-state index contributed by atoms with van der Waals surface area (Å²) in [4.78, 5) is 25.6. The molecule has 154 valence electrons. The van der Waals surface area contributed by atoms with Gasteiger partial charge >= 0.3 is 11.9 Å². The minimum atomic E-state index is -1.30. The molecule has 0 aliphatic carbocycles. The molecule has 8 heteroatoms. The number of carboxylic acid groups (broad SMARTS) is 1. The molecule has 0 amide bonds. The Bertz CT molecular complexity index is 746. The van der Waals surface area contributed by atoms with E-state index in [-0.39, 0.29) is 18.8 Å². The molecule has 0 radical (unpaired) electrons. The second-order valence-corrected chi connectivity index (χ2v) is 6.61. The van der Waals surface area contributed by atoms with Crippen LogP contribution in [-0.4, -0.2) is 66.0 Å². The average Bonchev–Trinajstić information content (AvgIpc) is 3.08. The van der Waals surface area contributed by atoms with E-state index in [2.05, 4.69) is 15.6 Å². The van der Waals surface area contributed by atoms with Gasteiger partial charge in [-0.2, -0.15) is 0 Å². The summed E-state index contributed by atoms with van der Waals surface area (Å²) in [5, 5.41) is 25.1. The van der Waals surface area contributed by atoms with Crippen LogP contribution in [0.4, 0.5) is 0 Å². The Hall–Kier alpha value is -2.42. The highest BCUT2D eigenvalue weighted by Gasteiger charge is 2.11. The van der Waals surface area contributed by atoms with Crippen LogP contribution < -0.4 is 10.6 Å². The number of aliphatic carboxylic acids is 1. The van der Waals surface area contributed by atoms with E-state index in [1.54, 1.807) is 0 Å². The molecule has 2 aromatic rings. The van der Waals surface area contributed by atoms with Gasteiger partial charge in [0.25, 0.3) is 0 Å². The largest absolute Gasteiger partial charge is 0.479 e. The number of benzene rings is 1. The summed E-state index contributed by atoms with van der Waals surface area (Å²) in [5.41, 5.74) is 1.96. The molecule has 1 heterocycles. The van der Waals surface area contributed by atoms with Crippen molar-refractivity contribution >= 4 is 22.8 Å². The molecule has 0 unspecified atom stereocenters. The van der Waals surface area contributed by atoms with Gasteiger partial charge in [-0.05, 0) is 57.1 Å². The standard InChI is InChI=1S/C20H29N3O5/c24-18(20(26)27)7-11-22-9-3-8-21-10-4-12-28-19(25)13-15-14-23-17-6-2-1-5-16(15)17/h1-2,5-6,14,18,21-24H,3-4,7-13H2,(H,26,27)/t18-/m0/s1. The van der Waals surface area contributed by atoms with Gasteiger partial charge in [-0.3, -0.25) is 4.79 Å². The Labute approximate surface area is 164 Å². The van der Waals surface area contributed by atoms with Gasteiger partial charge in [0, 0.05) is 17.1 Å². The third kappa shape index (κ3) is 7.67. The minimum absolute atomic E-state index is 0.201. The van der Waals surface area contributed by atoms with Crippen molar-refractivity contribution in [3.05, 3.63) is 36.0 Å². The van der Waals surface area contributed by atoms with Gasteiger partial charge in [0.1, 0.15) is 0 Å². The molecule has 28 heavy (non-hydrogen) atoms. The maximum Gasteiger partial charge on any atom is 0.332 e. The van der Waals surface area contributed by atoms with Gasteiger partial charge in [-0.25, -0.2) is 4.79 Å². The summed E-state index contributed by atoms with van der Waals surface area (Å²) in [6.07, 6.45) is 2.65. The highest BCUT2D eigenvalue weighted by atomic mass is 16.5. The zero-order chi connectivity index (χ0) is 20.2. The third-order valence-corrected chi connectivity index (χ3v) is 4.36. The number of carbonyl (C=O) groups excluding carboxylic acids is 1. The lowest BCUT2D eigenvalue weighted by Crippen LogP contribution is -2.28. The predicted octanol–water partition coefficient (Wildman–Crippen LogP) is 1.05. The van der Waals surface area contributed by atoms with Crippen LogP contribution in [0.25, 0.3) is 10.9 Å². The maximum atomic E-state index is 12.0. The normalized spacial score (nSPS) is 12.2. The van der Waals surface area contributed by atoms with Crippen LogP contribution in [0.1, 0.15) is 24.8 Å². The van der Waals surface area contributed by atoms with Crippen LogP contribution in [0.3, 0.4) is 0 Å². The Morgan fingerprint density at radius 1 is 1.07 bits per heavy atom. The number of aliphatic hydroxyl groups excluding tert-OH is 1. The summed E-state index contributed by atoms with van der Waals surface area (Å²) in [7, 11) is 0. The fourth-order valence-electron chi connectivity index (χ4n) is 2.82. The minimum Gasteiger partial charge on any atom is -0.479 e. The number of rotatable bonds is 14.